The third kappa shape index (κ3) is 3.24. The Bertz CT molecular complexity index is 1460. The summed E-state index contributed by atoms with van der Waals surface area (Å²) in [6, 6.07) is 19.4. The van der Waals surface area contributed by atoms with Gasteiger partial charge in [-0.2, -0.15) is 0 Å². The van der Waals surface area contributed by atoms with Crippen LogP contribution in [0.2, 0.25) is 0 Å². The molecule has 0 amide bonds. The molecule has 7 nitrogen and oxygen atoms in total. The fraction of sp³-hybridized carbons (Fsp3) is 0.120. The average Bonchev–Trinajstić information content (AvgIpc) is 3.43. The maximum absolute atomic E-state index is 9.52. The van der Waals surface area contributed by atoms with Crippen LogP contribution in [-0.2, 0) is 0 Å². The normalized spacial score (nSPS) is 14.0. The van der Waals surface area contributed by atoms with E-state index < -0.39 is 0 Å². The molecule has 0 unspecified atom stereocenters. The van der Waals surface area contributed by atoms with Crippen molar-refractivity contribution in [3.05, 3.63) is 73.1 Å². The van der Waals surface area contributed by atoms with Crippen molar-refractivity contribution in [2.45, 2.75) is 0 Å². The largest absolute Gasteiger partial charge is 0.508 e. The lowest BCUT2D eigenvalue weighted by atomic mass is 10.2. The number of nitrogens with one attached hydrogen (secondary N) is 2. The van der Waals surface area contributed by atoms with E-state index in [1.807, 2.05) is 24.3 Å². The van der Waals surface area contributed by atoms with E-state index in [0.717, 1.165) is 63.6 Å². The average molecular weight is 422 g/mol. The number of phenolic OH excluding ortho intramolecular Hbond substituents is 1. The predicted octanol–water partition coefficient (Wildman–Crippen LogP) is 4.70. The van der Waals surface area contributed by atoms with Crippen LogP contribution >= 0.6 is 0 Å². The molecule has 0 saturated carbocycles. The number of aromatic amines is 2. The van der Waals surface area contributed by atoms with Crippen LogP contribution in [0.5, 0.6) is 5.75 Å². The van der Waals surface area contributed by atoms with Crippen molar-refractivity contribution in [2.75, 3.05) is 25.0 Å². The standard InChI is InChI=1S/C25H22N6O/c1-30-10-12-31(13-11-30)18-5-9-21-23(15-18)29-25(27-21)17-4-8-20-22(14-17)28-24(26-20)16-2-6-19(32)7-3-16/h2-10,12,14-15,32H,11,13H2,1H3,(H,26,28)(H,27,29). The van der Waals surface area contributed by atoms with E-state index in [0.29, 0.717) is 0 Å². The highest BCUT2D eigenvalue weighted by atomic mass is 16.3. The number of benzene rings is 3. The molecule has 1 aliphatic heterocycles. The molecule has 158 valence electrons. The number of anilines is 1. The van der Waals surface area contributed by atoms with Crippen LogP contribution in [0.1, 0.15) is 0 Å². The van der Waals surface area contributed by atoms with Gasteiger partial charge in [0.2, 0.25) is 0 Å². The molecule has 7 heteroatoms. The van der Waals surface area contributed by atoms with Crippen molar-refractivity contribution in [1.29, 1.82) is 0 Å². The highest BCUT2D eigenvalue weighted by molar-refractivity contribution is 5.87. The van der Waals surface area contributed by atoms with Gasteiger partial charge in [-0.1, -0.05) is 0 Å². The van der Waals surface area contributed by atoms with Crippen molar-refractivity contribution in [1.82, 2.24) is 24.8 Å². The number of aromatic hydroxyl groups is 1. The zero-order valence-corrected chi connectivity index (χ0v) is 17.6. The van der Waals surface area contributed by atoms with E-state index >= 15 is 0 Å². The smallest absolute Gasteiger partial charge is 0.138 e. The molecule has 0 fully saturated rings. The number of nitrogens with zero attached hydrogens (tertiary/aromatic N) is 4. The molecule has 3 aromatic carbocycles. The molecular weight excluding hydrogens is 400 g/mol. The summed E-state index contributed by atoms with van der Waals surface area (Å²) < 4.78 is 0. The summed E-state index contributed by atoms with van der Waals surface area (Å²) in [6.45, 7) is 1.96. The number of fused-ring (bicyclic) bond motifs is 2. The van der Waals surface area contributed by atoms with Gasteiger partial charge in [-0.25, -0.2) is 9.97 Å². The van der Waals surface area contributed by atoms with Gasteiger partial charge in [-0.3, -0.25) is 0 Å². The first-order valence-electron chi connectivity index (χ1n) is 10.6. The molecule has 0 radical (unpaired) electrons. The molecule has 0 atom stereocenters. The molecular formula is C25H22N6O. The number of phenols is 1. The minimum atomic E-state index is 0.240. The maximum atomic E-state index is 9.52. The number of likely N-dealkylation sites (N-methyl/N-ethyl adjacent to an activating group) is 1. The zero-order chi connectivity index (χ0) is 21.7. The molecule has 1 aliphatic rings. The Balaban J connectivity index is 1.34. The van der Waals surface area contributed by atoms with Crippen molar-refractivity contribution in [3.63, 3.8) is 0 Å². The molecule has 6 rings (SSSR count). The Morgan fingerprint density at radius 2 is 1.41 bits per heavy atom. The molecule has 3 heterocycles. The lowest BCUT2D eigenvalue weighted by molar-refractivity contribution is 0.447. The fourth-order valence-electron chi connectivity index (χ4n) is 4.05. The second-order valence-electron chi connectivity index (χ2n) is 8.12. The predicted molar refractivity (Wildman–Crippen MR) is 127 cm³/mol. The minimum absolute atomic E-state index is 0.240. The minimum Gasteiger partial charge on any atom is -0.508 e. The van der Waals surface area contributed by atoms with E-state index in [1.54, 1.807) is 12.1 Å². The Kier molecular flexibility index (Phi) is 4.14. The van der Waals surface area contributed by atoms with E-state index in [2.05, 4.69) is 68.5 Å². The third-order valence-corrected chi connectivity index (χ3v) is 5.89. The second-order valence-corrected chi connectivity index (χ2v) is 8.12. The first-order chi connectivity index (χ1) is 15.6. The van der Waals surface area contributed by atoms with Gasteiger partial charge in [-0.05, 0) is 60.7 Å². The number of hydrogen-bond donors (Lipinski definition) is 3. The Morgan fingerprint density at radius 3 is 2.12 bits per heavy atom. The van der Waals surface area contributed by atoms with Crippen LogP contribution in [-0.4, -0.2) is 50.1 Å². The number of hydrogen-bond acceptors (Lipinski definition) is 5. The lowest BCUT2D eigenvalue weighted by Crippen LogP contribution is -2.32. The molecule has 0 saturated heterocycles. The van der Waals surface area contributed by atoms with Crippen molar-refractivity contribution in [2.24, 2.45) is 0 Å². The van der Waals surface area contributed by atoms with Gasteiger partial charge in [0.15, 0.2) is 0 Å². The highest BCUT2D eigenvalue weighted by Crippen LogP contribution is 2.28. The SMILES string of the molecule is CN1C=CN(c2ccc3nc(-c4ccc5nc(-c6ccc(O)cc6)[nH]c5c4)[nH]c3c2)CC1. The molecule has 32 heavy (non-hydrogen) atoms. The topological polar surface area (TPSA) is 84.1 Å². The Labute approximate surface area is 184 Å². The molecule has 0 aliphatic carbocycles. The van der Waals surface area contributed by atoms with Gasteiger partial charge in [0.25, 0.3) is 0 Å². The van der Waals surface area contributed by atoms with Gasteiger partial charge in [0.05, 0.1) is 22.1 Å². The first-order valence-corrected chi connectivity index (χ1v) is 10.6. The highest BCUT2D eigenvalue weighted by Gasteiger charge is 2.13. The van der Waals surface area contributed by atoms with E-state index in [9.17, 15) is 5.11 Å². The van der Waals surface area contributed by atoms with Gasteiger partial charge in [-0.15, -0.1) is 0 Å². The summed E-state index contributed by atoms with van der Waals surface area (Å²) in [6.07, 6.45) is 4.21. The Morgan fingerprint density at radius 1 is 0.750 bits per heavy atom. The summed E-state index contributed by atoms with van der Waals surface area (Å²) in [5.74, 6) is 1.84. The van der Waals surface area contributed by atoms with Crippen molar-refractivity contribution in [3.8, 4) is 28.5 Å². The lowest BCUT2D eigenvalue weighted by Gasteiger charge is -2.28. The summed E-state index contributed by atoms with van der Waals surface area (Å²) in [7, 11) is 2.09. The van der Waals surface area contributed by atoms with E-state index in [1.165, 1.54) is 0 Å². The number of H-pyrrole nitrogens is 2. The monoisotopic (exact) mass is 422 g/mol. The van der Waals surface area contributed by atoms with Crippen LogP contribution in [0.4, 0.5) is 5.69 Å². The summed E-state index contributed by atoms with van der Waals surface area (Å²) in [5.41, 5.74) is 6.85. The number of imidazole rings is 2. The van der Waals surface area contributed by atoms with Gasteiger partial charge in [0.1, 0.15) is 17.4 Å². The summed E-state index contributed by atoms with van der Waals surface area (Å²) in [4.78, 5) is 20.8. The number of aromatic nitrogens is 4. The van der Waals surface area contributed by atoms with Gasteiger partial charge >= 0.3 is 0 Å². The molecule has 0 bridgehead atoms. The second kappa shape index (κ2) is 7.16. The fourth-order valence-corrected chi connectivity index (χ4v) is 4.05. The Hall–Kier alpha value is -4.26. The van der Waals surface area contributed by atoms with Gasteiger partial charge in [0, 0.05) is 49.4 Å². The quantitative estimate of drug-likeness (QED) is 0.392. The third-order valence-electron chi connectivity index (χ3n) is 5.89. The van der Waals surface area contributed by atoms with Crippen LogP contribution in [0.3, 0.4) is 0 Å². The zero-order valence-electron chi connectivity index (χ0n) is 17.6. The summed E-state index contributed by atoms with van der Waals surface area (Å²) >= 11 is 0. The van der Waals surface area contributed by atoms with Crippen LogP contribution < -0.4 is 4.90 Å². The van der Waals surface area contributed by atoms with Crippen LogP contribution in [0.25, 0.3) is 44.8 Å². The molecule has 2 aromatic heterocycles. The number of rotatable bonds is 3. The first kappa shape index (κ1) is 18.5. The van der Waals surface area contributed by atoms with Gasteiger partial charge < -0.3 is 24.9 Å². The molecule has 0 spiro atoms. The summed E-state index contributed by atoms with van der Waals surface area (Å²) in [5, 5.41) is 9.52. The van der Waals surface area contributed by atoms with E-state index in [4.69, 9.17) is 4.98 Å². The van der Waals surface area contributed by atoms with Crippen LogP contribution in [0, 0.1) is 0 Å². The van der Waals surface area contributed by atoms with Crippen molar-refractivity contribution < 1.29 is 5.11 Å². The maximum Gasteiger partial charge on any atom is 0.138 e. The van der Waals surface area contributed by atoms with E-state index in [-0.39, 0.29) is 5.75 Å². The molecule has 3 N–H and O–H groups in total. The van der Waals surface area contributed by atoms with Crippen LogP contribution in [0.15, 0.2) is 73.1 Å². The van der Waals surface area contributed by atoms with Crippen molar-refractivity contribution >= 4 is 27.8 Å². The molecule has 5 aromatic rings.